The monoisotopic (exact) mass is 182 g/mol. The lowest BCUT2D eigenvalue weighted by atomic mass is 10.1. The van der Waals surface area contributed by atoms with Crippen LogP contribution in [0.2, 0.25) is 0 Å². The molecule has 4 heteroatoms. The van der Waals surface area contributed by atoms with E-state index in [0.29, 0.717) is 11.3 Å². The Hall–Kier alpha value is -1.55. The van der Waals surface area contributed by atoms with Gasteiger partial charge in [0.15, 0.2) is 6.79 Å². The van der Waals surface area contributed by atoms with E-state index < -0.39 is 12.8 Å². The van der Waals surface area contributed by atoms with E-state index in [4.69, 9.17) is 14.9 Å². The zero-order valence-electron chi connectivity index (χ0n) is 7.15. The Balaban J connectivity index is 3.10. The molecule has 13 heavy (non-hydrogen) atoms. The molecular formula is C9H10O4. The van der Waals surface area contributed by atoms with Crippen LogP contribution in [0.4, 0.5) is 0 Å². The highest BCUT2D eigenvalue weighted by atomic mass is 16.6. The standard InChI is InChI=1S/C9H10O4/c1-6-7(9(11)12)3-2-4-8(6)13-5-10/h2-4,10H,5H2,1H3,(H,11,12). The second-order valence-corrected chi connectivity index (χ2v) is 2.51. The summed E-state index contributed by atoms with van der Waals surface area (Å²) in [5, 5.41) is 17.2. The van der Waals surface area contributed by atoms with Gasteiger partial charge in [0.2, 0.25) is 0 Å². The minimum atomic E-state index is -0.999. The molecule has 0 aliphatic rings. The van der Waals surface area contributed by atoms with E-state index in [0.717, 1.165) is 0 Å². The summed E-state index contributed by atoms with van der Waals surface area (Å²) in [4.78, 5) is 10.7. The molecule has 1 rings (SSSR count). The van der Waals surface area contributed by atoms with Gasteiger partial charge in [-0.25, -0.2) is 4.79 Å². The molecule has 70 valence electrons. The predicted molar refractivity (Wildman–Crippen MR) is 45.9 cm³/mol. The molecule has 1 aromatic rings. The highest BCUT2D eigenvalue weighted by Crippen LogP contribution is 2.20. The first kappa shape index (κ1) is 9.54. The number of hydrogen-bond donors (Lipinski definition) is 2. The first-order valence-corrected chi connectivity index (χ1v) is 3.73. The van der Waals surface area contributed by atoms with Crippen molar-refractivity contribution in [2.45, 2.75) is 6.92 Å². The highest BCUT2D eigenvalue weighted by molar-refractivity contribution is 5.90. The number of carboxylic acid groups (broad SMARTS) is 1. The minimum Gasteiger partial charge on any atom is -0.478 e. The van der Waals surface area contributed by atoms with Gasteiger partial charge in [0.1, 0.15) is 5.75 Å². The second-order valence-electron chi connectivity index (χ2n) is 2.51. The lowest BCUT2D eigenvalue weighted by molar-refractivity contribution is 0.0692. The molecule has 0 spiro atoms. The van der Waals surface area contributed by atoms with E-state index in [1.165, 1.54) is 6.07 Å². The summed E-state index contributed by atoms with van der Waals surface area (Å²) in [6.07, 6.45) is 0. The molecular weight excluding hydrogens is 172 g/mol. The summed E-state index contributed by atoms with van der Waals surface area (Å²) in [7, 11) is 0. The number of carbonyl (C=O) groups is 1. The van der Waals surface area contributed by atoms with Crippen molar-refractivity contribution in [3.63, 3.8) is 0 Å². The SMILES string of the molecule is Cc1c(OCO)cccc1C(=O)O. The predicted octanol–water partition coefficient (Wildman–Crippen LogP) is 1.02. The van der Waals surface area contributed by atoms with E-state index in [2.05, 4.69) is 0 Å². The fourth-order valence-electron chi connectivity index (χ4n) is 1.07. The van der Waals surface area contributed by atoms with Crippen LogP contribution in [0.3, 0.4) is 0 Å². The van der Waals surface area contributed by atoms with Crippen LogP contribution in [0.25, 0.3) is 0 Å². The van der Waals surface area contributed by atoms with Crippen LogP contribution < -0.4 is 4.74 Å². The van der Waals surface area contributed by atoms with E-state index in [9.17, 15) is 4.79 Å². The molecule has 0 saturated heterocycles. The Kier molecular flexibility index (Phi) is 2.87. The summed E-state index contributed by atoms with van der Waals surface area (Å²) in [5.41, 5.74) is 0.704. The molecule has 0 fully saturated rings. The fraction of sp³-hybridized carbons (Fsp3) is 0.222. The van der Waals surface area contributed by atoms with Crippen LogP contribution in [0, 0.1) is 6.92 Å². The van der Waals surface area contributed by atoms with E-state index in [1.807, 2.05) is 0 Å². The second kappa shape index (κ2) is 3.91. The molecule has 0 aliphatic carbocycles. The fourth-order valence-corrected chi connectivity index (χ4v) is 1.07. The Morgan fingerprint density at radius 2 is 2.23 bits per heavy atom. The summed E-state index contributed by atoms with van der Waals surface area (Å²) in [6.45, 7) is 1.18. The van der Waals surface area contributed by atoms with Crippen LogP contribution in [0.15, 0.2) is 18.2 Å². The van der Waals surface area contributed by atoms with Gasteiger partial charge in [-0.3, -0.25) is 0 Å². The third kappa shape index (κ3) is 1.97. The first-order chi connectivity index (χ1) is 6.16. The molecule has 4 nitrogen and oxygen atoms in total. The largest absolute Gasteiger partial charge is 0.478 e. The molecule has 0 aromatic heterocycles. The smallest absolute Gasteiger partial charge is 0.336 e. The molecule has 0 heterocycles. The van der Waals surface area contributed by atoms with E-state index in [-0.39, 0.29) is 5.56 Å². The maximum atomic E-state index is 10.7. The summed E-state index contributed by atoms with van der Waals surface area (Å²) in [6, 6.07) is 4.67. The van der Waals surface area contributed by atoms with Crippen LogP contribution in [0.5, 0.6) is 5.75 Å². The maximum absolute atomic E-state index is 10.7. The van der Waals surface area contributed by atoms with Gasteiger partial charge in [0.25, 0.3) is 0 Å². The number of hydrogen-bond acceptors (Lipinski definition) is 3. The van der Waals surface area contributed by atoms with Gasteiger partial charge >= 0.3 is 5.97 Å². The highest BCUT2D eigenvalue weighted by Gasteiger charge is 2.09. The van der Waals surface area contributed by atoms with Gasteiger partial charge in [0, 0.05) is 5.56 Å². The molecule has 2 N–H and O–H groups in total. The number of carboxylic acids is 1. The average molecular weight is 182 g/mol. The number of ether oxygens (including phenoxy) is 1. The minimum absolute atomic E-state index is 0.186. The van der Waals surface area contributed by atoms with Crippen LogP contribution in [-0.2, 0) is 0 Å². The first-order valence-electron chi connectivity index (χ1n) is 3.73. The molecule has 0 amide bonds. The Morgan fingerprint density at radius 3 is 2.77 bits per heavy atom. The molecule has 1 aromatic carbocycles. The number of aliphatic hydroxyl groups excluding tert-OH is 1. The van der Waals surface area contributed by atoms with E-state index >= 15 is 0 Å². The van der Waals surface area contributed by atoms with Crippen LogP contribution >= 0.6 is 0 Å². The third-order valence-electron chi connectivity index (χ3n) is 1.73. The average Bonchev–Trinajstić information content (AvgIpc) is 2.08. The van der Waals surface area contributed by atoms with Crippen molar-refractivity contribution in [3.05, 3.63) is 29.3 Å². The number of benzene rings is 1. The van der Waals surface area contributed by atoms with Crippen molar-refractivity contribution in [1.82, 2.24) is 0 Å². The van der Waals surface area contributed by atoms with Gasteiger partial charge in [0.05, 0.1) is 5.56 Å². The Labute approximate surface area is 75.4 Å². The molecule has 0 atom stereocenters. The normalized spacial score (nSPS) is 9.69. The molecule has 0 aliphatic heterocycles. The molecule has 0 radical (unpaired) electrons. The lowest BCUT2D eigenvalue weighted by Crippen LogP contribution is -2.03. The summed E-state index contributed by atoms with van der Waals surface area (Å²) < 4.78 is 4.82. The molecule has 0 unspecified atom stereocenters. The van der Waals surface area contributed by atoms with Crippen molar-refractivity contribution in [1.29, 1.82) is 0 Å². The maximum Gasteiger partial charge on any atom is 0.336 e. The van der Waals surface area contributed by atoms with E-state index in [1.54, 1.807) is 19.1 Å². The zero-order chi connectivity index (χ0) is 9.84. The van der Waals surface area contributed by atoms with Gasteiger partial charge in [-0.05, 0) is 19.1 Å². The lowest BCUT2D eigenvalue weighted by Gasteiger charge is -2.07. The van der Waals surface area contributed by atoms with Crippen molar-refractivity contribution in [2.24, 2.45) is 0 Å². The van der Waals surface area contributed by atoms with Gasteiger partial charge < -0.3 is 14.9 Å². The zero-order valence-corrected chi connectivity index (χ0v) is 7.15. The van der Waals surface area contributed by atoms with Crippen LogP contribution in [0.1, 0.15) is 15.9 Å². The topological polar surface area (TPSA) is 66.8 Å². The molecule has 0 bridgehead atoms. The van der Waals surface area contributed by atoms with Gasteiger partial charge in [-0.1, -0.05) is 6.07 Å². The number of aromatic carboxylic acids is 1. The summed E-state index contributed by atoms with van der Waals surface area (Å²) in [5.74, 6) is -0.608. The van der Waals surface area contributed by atoms with Crippen molar-refractivity contribution >= 4 is 5.97 Å². The van der Waals surface area contributed by atoms with Crippen molar-refractivity contribution in [2.75, 3.05) is 6.79 Å². The Morgan fingerprint density at radius 1 is 1.54 bits per heavy atom. The van der Waals surface area contributed by atoms with Crippen LogP contribution in [-0.4, -0.2) is 23.0 Å². The van der Waals surface area contributed by atoms with Crippen molar-refractivity contribution in [3.8, 4) is 5.75 Å². The number of aliphatic hydroxyl groups is 1. The quantitative estimate of drug-likeness (QED) is 0.685. The van der Waals surface area contributed by atoms with Gasteiger partial charge in [-0.15, -0.1) is 0 Å². The number of rotatable bonds is 3. The third-order valence-corrected chi connectivity index (χ3v) is 1.73. The van der Waals surface area contributed by atoms with Crippen molar-refractivity contribution < 1.29 is 19.7 Å². The molecule has 0 saturated carbocycles. The Bertz CT molecular complexity index is 319. The summed E-state index contributed by atoms with van der Waals surface area (Å²) >= 11 is 0. The van der Waals surface area contributed by atoms with Gasteiger partial charge in [-0.2, -0.15) is 0 Å².